The first kappa shape index (κ1) is 20.5. The molecule has 1 aliphatic heterocycles. The summed E-state index contributed by atoms with van der Waals surface area (Å²) in [6.45, 7) is 0.839. The van der Waals surface area contributed by atoms with Crippen LogP contribution in [0.3, 0.4) is 0 Å². The SMILES string of the molecule is O=C(NC1(C(=O)O)CCOCC1)c1cccc(COc2ccc(-c3ccn[nH]3)nc2)c1. The molecule has 160 valence electrons. The van der Waals surface area contributed by atoms with Gasteiger partial charge in [0.2, 0.25) is 0 Å². The molecule has 1 saturated heterocycles. The van der Waals surface area contributed by atoms with Crippen molar-refractivity contribution in [1.29, 1.82) is 0 Å². The highest BCUT2D eigenvalue weighted by Gasteiger charge is 2.41. The molecule has 1 aromatic carbocycles. The first-order valence-electron chi connectivity index (χ1n) is 9.87. The van der Waals surface area contributed by atoms with Gasteiger partial charge >= 0.3 is 5.97 Å². The molecule has 1 aliphatic rings. The Balaban J connectivity index is 1.40. The third-order valence-electron chi connectivity index (χ3n) is 5.22. The zero-order valence-electron chi connectivity index (χ0n) is 16.7. The number of hydrogen-bond donors (Lipinski definition) is 3. The number of hydrogen-bond acceptors (Lipinski definition) is 6. The van der Waals surface area contributed by atoms with E-state index in [4.69, 9.17) is 9.47 Å². The summed E-state index contributed by atoms with van der Waals surface area (Å²) in [4.78, 5) is 28.8. The molecule has 2 aromatic heterocycles. The molecular formula is C22H22N4O5. The Kier molecular flexibility index (Phi) is 5.94. The van der Waals surface area contributed by atoms with Crippen LogP contribution in [0.4, 0.5) is 0 Å². The van der Waals surface area contributed by atoms with Gasteiger partial charge in [-0.05, 0) is 35.9 Å². The number of ether oxygens (including phenoxy) is 2. The minimum absolute atomic E-state index is 0.235. The maximum absolute atomic E-state index is 12.7. The number of carbonyl (C=O) groups is 2. The van der Waals surface area contributed by atoms with E-state index in [-0.39, 0.29) is 19.4 Å². The minimum atomic E-state index is -1.30. The van der Waals surface area contributed by atoms with Gasteiger partial charge in [-0.15, -0.1) is 0 Å². The van der Waals surface area contributed by atoms with E-state index >= 15 is 0 Å². The number of amides is 1. The number of aromatic amines is 1. The summed E-state index contributed by atoms with van der Waals surface area (Å²) >= 11 is 0. The van der Waals surface area contributed by atoms with Crippen LogP contribution in [0.5, 0.6) is 5.75 Å². The monoisotopic (exact) mass is 422 g/mol. The van der Waals surface area contributed by atoms with Crippen LogP contribution in [0.2, 0.25) is 0 Å². The molecule has 0 spiro atoms. The number of pyridine rings is 1. The van der Waals surface area contributed by atoms with Crippen LogP contribution in [-0.4, -0.2) is 50.9 Å². The average Bonchev–Trinajstić information content (AvgIpc) is 3.34. The molecule has 1 fully saturated rings. The highest BCUT2D eigenvalue weighted by molar-refractivity contribution is 5.98. The van der Waals surface area contributed by atoms with E-state index in [1.165, 1.54) is 0 Å². The van der Waals surface area contributed by atoms with E-state index in [0.717, 1.165) is 17.0 Å². The average molecular weight is 422 g/mol. The van der Waals surface area contributed by atoms with Crippen molar-refractivity contribution < 1.29 is 24.2 Å². The molecule has 0 aliphatic carbocycles. The molecule has 4 rings (SSSR count). The smallest absolute Gasteiger partial charge is 0.329 e. The van der Waals surface area contributed by atoms with Gasteiger partial charge in [-0.2, -0.15) is 5.10 Å². The quantitative estimate of drug-likeness (QED) is 0.534. The maximum Gasteiger partial charge on any atom is 0.329 e. The summed E-state index contributed by atoms with van der Waals surface area (Å²) in [5, 5.41) is 19.1. The summed E-state index contributed by atoms with van der Waals surface area (Å²) in [6.07, 6.45) is 3.75. The molecule has 0 atom stereocenters. The summed E-state index contributed by atoms with van der Waals surface area (Å²) in [5.41, 5.74) is 1.42. The Morgan fingerprint density at radius 2 is 2.03 bits per heavy atom. The Labute approximate surface area is 178 Å². The number of rotatable bonds is 7. The summed E-state index contributed by atoms with van der Waals surface area (Å²) in [5.74, 6) is -0.892. The zero-order chi connectivity index (χ0) is 21.7. The third-order valence-corrected chi connectivity index (χ3v) is 5.22. The van der Waals surface area contributed by atoms with Crippen LogP contribution in [0.15, 0.2) is 54.9 Å². The molecule has 0 saturated carbocycles. The van der Waals surface area contributed by atoms with Crippen LogP contribution >= 0.6 is 0 Å². The largest absolute Gasteiger partial charge is 0.487 e. The van der Waals surface area contributed by atoms with Gasteiger partial charge in [0, 0.05) is 37.8 Å². The van der Waals surface area contributed by atoms with Crippen LogP contribution in [0.25, 0.3) is 11.4 Å². The number of benzene rings is 1. The topological polar surface area (TPSA) is 126 Å². The van der Waals surface area contributed by atoms with Crippen molar-refractivity contribution in [3.05, 3.63) is 66.0 Å². The number of nitrogens with one attached hydrogen (secondary N) is 2. The molecule has 3 N–H and O–H groups in total. The Bertz CT molecular complexity index is 1040. The Morgan fingerprint density at radius 3 is 2.71 bits per heavy atom. The number of nitrogens with zero attached hydrogens (tertiary/aromatic N) is 2. The van der Waals surface area contributed by atoms with E-state index in [1.54, 1.807) is 30.6 Å². The van der Waals surface area contributed by atoms with Crippen molar-refractivity contribution in [1.82, 2.24) is 20.5 Å². The van der Waals surface area contributed by atoms with Gasteiger partial charge in [0.15, 0.2) is 0 Å². The van der Waals surface area contributed by atoms with Gasteiger partial charge in [0.1, 0.15) is 17.9 Å². The fourth-order valence-corrected chi connectivity index (χ4v) is 3.39. The predicted octanol–water partition coefficient (Wildman–Crippen LogP) is 2.41. The highest BCUT2D eigenvalue weighted by atomic mass is 16.5. The fourth-order valence-electron chi connectivity index (χ4n) is 3.39. The second-order valence-electron chi connectivity index (χ2n) is 7.29. The molecule has 9 heteroatoms. The molecule has 0 bridgehead atoms. The van der Waals surface area contributed by atoms with Crippen molar-refractivity contribution in [2.45, 2.75) is 25.0 Å². The van der Waals surface area contributed by atoms with Crippen LogP contribution < -0.4 is 10.1 Å². The Hall–Kier alpha value is -3.72. The van der Waals surface area contributed by atoms with Gasteiger partial charge in [-0.1, -0.05) is 12.1 Å². The van der Waals surface area contributed by atoms with Crippen molar-refractivity contribution in [3.63, 3.8) is 0 Å². The minimum Gasteiger partial charge on any atom is -0.487 e. The van der Waals surface area contributed by atoms with E-state index in [1.807, 2.05) is 24.3 Å². The molecular weight excluding hydrogens is 400 g/mol. The summed E-state index contributed by atoms with van der Waals surface area (Å²) in [6, 6.07) is 12.4. The third kappa shape index (κ3) is 4.72. The van der Waals surface area contributed by atoms with E-state index in [9.17, 15) is 14.7 Å². The van der Waals surface area contributed by atoms with Crippen molar-refractivity contribution in [3.8, 4) is 17.1 Å². The lowest BCUT2D eigenvalue weighted by atomic mass is 9.89. The molecule has 0 unspecified atom stereocenters. The number of aliphatic carboxylic acids is 1. The number of carbonyl (C=O) groups excluding carboxylic acids is 1. The second-order valence-corrected chi connectivity index (χ2v) is 7.29. The van der Waals surface area contributed by atoms with Gasteiger partial charge in [-0.25, -0.2) is 4.79 Å². The predicted molar refractivity (Wildman–Crippen MR) is 110 cm³/mol. The van der Waals surface area contributed by atoms with Gasteiger partial charge in [0.05, 0.1) is 17.6 Å². The zero-order valence-corrected chi connectivity index (χ0v) is 16.7. The number of carboxylic acid groups (broad SMARTS) is 1. The molecule has 1 amide bonds. The second kappa shape index (κ2) is 8.97. The van der Waals surface area contributed by atoms with Gasteiger partial charge in [0.25, 0.3) is 5.91 Å². The van der Waals surface area contributed by atoms with Gasteiger partial charge < -0.3 is 19.9 Å². The first-order chi connectivity index (χ1) is 15.1. The lowest BCUT2D eigenvalue weighted by Crippen LogP contribution is -2.57. The van der Waals surface area contributed by atoms with E-state index in [2.05, 4.69) is 20.5 Å². The standard InChI is InChI=1S/C22H22N4O5/c27-20(25-22(21(28)29)7-10-30-11-8-22)16-3-1-2-15(12-16)14-31-17-4-5-18(23-13-17)19-6-9-24-26-19/h1-6,9,12-13H,7-8,10-11,14H2,(H,24,26)(H,25,27)(H,28,29). The van der Waals surface area contributed by atoms with Crippen molar-refractivity contribution in [2.24, 2.45) is 0 Å². The van der Waals surface area contributed by atoms with Gasteiger partial charge in [-0.3, -0.25) is 14.9 Å². The van der Waals surface area contributed by atoms with E-state index < -0.39 is 17.4 Å². The first-order valence-corrected chi connectivity index (χ1v) is 9.87. The van der Waals surface area contributed by atoms with Crippen molar-refractivity contribution in [2.75, 3.05) is 13.2 Å². The van der Waals surface area contributed by atoms with Crippen molar-refractivity contribution >= 4 is 11.9 Å². The van der Waals surface area contributed by atoms with Crippen LogP contribution in [0.1, 0.15) is 28.8 Å². The molecule has 0 radical (unpaired) electrons. The maximum atomic E-state index is 12.7. The normalized spacial score (nSPS) is 15.2. The van der Waals surface area contributed by atoms with Crippen LogP contribution in [-0.2, 0) is 16.1 Å². The summed E-state index contributed by atoms with van der Waals surface area (Å²) in [7, 11) is 0. The molecule has 3 aromatic rings. The Morgan fingerprint density at radius 1 is 1.19 bits per heavy atom. The number of aromatic nitrogens is 3. The molecule has 3 heterocycles. The molecule has 9 nitrogen and oxygen atoms in total. The molecule has 31 heavy (non-hydrogen) atoms. The lowest BCUT2D eigenvalue weighted by molar-refractivity contribution is -0.148. The lowest BCUT2D eigenvalue weighted by Gasteiger charge is -2.33. The highest BCUT2D eigenvalue weighted by Crippen LogP contribution is 2.22. The number of H-pyrrole nitrogens is 1. The summed E-state index contributed by atoms with van der Waals surface area (Å²) < 4.78 is 11.0. The fraction of sp³-hybridized carbons (Fsp3) is 0.273. The number of carboxylic acids is 1. The van der Waals surface area contributed by atoms with E-state index in [0.29, 0.717) is 24.5 Å². The van der Waals surface area contributed by atoms with Crippen LogP contribution in [0, 0.1) is 0 Å².